The molecule has 230 valence electrons. The van der Waals surface area contributed by atoms with Gasteiger partial charge in [-0.25, -0.2) is 0 Å². The van der Waals surface area contributed by atoms with Crippen LogP contribution in [0, 0.1) is 36.5 Å². The van der Waals surface area contributed by atoms with Crippen LogP contribution in [0.1, 0.15) is 88.0 Å². The van der Waals surface area contributed by atoms with Gasteiger partial charge in [-0.3, -0.25) is 14.4 Å². The van der Waals surface area contributed by atoms with Crippen LogP contribution in [0.4, 0.5) is 0 Å². The van der Waals surface area contributed by atoms with Gasteiger partial charge in [0, 0.05) is 6.42 Å². The molecule has 0 saturated carbocycles. The lowest BCUT2D eigenvalue weighted by atomic mass is 10.2. The van der Waals surface area contributed by atoms with Crippen LogP contribution >= 0.6 is 0 Å². The molecule has 1 fully saturated rings. The van der Waals surface area contributed by atoms with Gasteiger partial charge >= 0.3 is 5.97 Å². The first-order chi connectivity index (χ1) is 19.1. The van der Waals surface area contributed by atoms with E-state index in [9.17, 15) is 14.4 Å². The number of allylic oxidation sites excluding steroid dienone is 4. The van der Waals surface area contributed by atoms with E-state index in [1.54, 1.807) is 26.8 Å². The van der Waals surface area contributed by atoms with E-state index >= 15 is 0 Å². The highest BCUT2D eigenvalue weighted by atomic mass is 16.5. The van der Waals surface area contributed by atoms with Gasteiger partial charge < -0.3 is 9.47 Å². The minimum absolute atomic E-state index is 0.0185. The predicted octanol–water partition coefficient (Wildman–Crippen LogP) is 8.79. The fourth-order valence-electron chi connectivity index (χ4n) is 1.10. The molecule has 1 aliphatic heterocycles. The van der Waals surface area contributed by atoms with Crippen molar-refractivity contribution >= 4 is 17.5 Å². The smallest absolute Gasteiger partial charge is 0.309 e. The Morgan fingerprint density at radius 2 is 1.41 bits per heavy atom. The van der Waals surface area contributed by atoms with Crippen molar-refractivity contribution in [1.29, 1.82) is 0 Å². The number of ether oxygens (including phenoxy) is 2. The van der Waals surface area contributed by atoms with Crippen LogP contribution in [0.25, 0.3) is 0 Å². The molecule has 1 saturated heterocycles. The number of methoxy groups -OCH3 is 1. The number of unbranched alkanes of at least 4 members (excludes halogenated alkanes) is 1. The third-order valence-corrected chi connectivity index (χ3v) is 3.40. The first-order valence-corrected chi connectivity index (χ1v) is 12.9. The summed E-state index contributed by atoms with van der Waals surface area (Å²) < 4.78 is 9.46. The summed E-state index contributed by atoms with van der Waals surface area (Å²) >= 11 is 0. The van der Waals surface area contributed by atoms with Gasteiger partial charge in [0.1, 0.15) is 11.9 Å². The molecule has 1 unspecified atom stereocenters. The Hall–Kier alpha value is -4.27. The lowest BCUT2D eigenvalue weighted by molar-refractivity contribution is -0.139. The largest absolute Gasteiger partial charge is 0.491 e. The number of hydrogen-bond acceptors (Lipinski definition) is 5. The Labute approximate surface area is 253 Å². The zero-order valence-corrected chi connectivity index (χ0v) is 27.6. The molecule has 1 rings (SSSR count). The molecule has 0 N–H and O–H groups in total. The van der Waals surface area contributed by atoms with E-state index in [1.807, 2.05) is 13.8 Å². The topological polar surface area (TPSA) is 69.7 Å². The molecule has 0 aliphatic carbocycles. The second-order valence-corrected chi connectivity index (χ2v) is 7.60. The van der Waals surface area contributed by atoms with Crippen molar-refractivity contribution in [2.45, 2.75) is 94.1 Å². The monoisotopic (exact) mass is 568 g/mol. The second kappa shape index (κ2) is 48.8. The molecule has 1 heterocycles. The average molecular weight is 569 g/mol. The number of ketones is 2. The van der Waals surface area contributed by atoms with Crippen molar-refractivity contribution in [3.63, 3.8) is 0 Å². The van der Waals surface area contributed by atoms with Gasteiger partial charge in [0.25, 0.3) is 0 Å². The molecular formula is C36H56O5. The Balaban J connectivity index is -0.0000000660. The molecule has 0 aromatic carbocycles. The van der Waals surface area contributed by atoms with E-state index in [1.165, 1.54) is 46.0 Å². The van der Waals surface area contributed by atoms with E-state index in [0.29, 0.717) is 18.1 Å². The average Bonchev–Trinajstić information content (AvgIpc) is 3.21. The first-order valence-electron chi connectivity index (χ1n) is 12.9. The summed E-state index contributed by atoms with van der Waals surface area (Å²) in [4.78, 5) is 29.9. The van der Waals surface area contributed by atoms with Crippen molar-refractivity contribution in [2.24, 2.45) is 0 Å². The fourth-order valence-corrected chi connectivity index (χ4v) is 1.10. The third kappa shape index (κ3) is 86.1. The van der Waals surface area contributed by atoms with E-state index in [2.05, 4.69) is 88.2 Å². The molecule has 0 bridgehead atoms. The van der Waals surface area contributed by atoms with Crippen molar-refractivity contribution < 1.29 is 23.9 Å². The minimum Gasteiger partial charge on any atom is -0.491 e. The van der Waals surface area contributed by atoms with Gasteiger partial charge in [-0.1, -0.05) is 71.1 Å². The predicted molar refractivity (Wildman–Crippen MR) is 180 cm³/mol. The molecule has 0 radical (unpaired) electrons. The number of carbonyl (C=O) groups excluding carboxylic acids is 3. The highest BCUT2D eigenvalue weighted by Crippen LogP contribution is 2.25. The molecule has 0 aromatic rings. The molecule has 5 nitrogen and oxygen atoms in total. The molecule has 5 heteroatoms. The maximum absolute atomic E-state index is 10.1. The molecule has 41 heavy (non-hydrogen) atoms. The highest BCUT2D eigenvalue weighted by Gasteiger charge is 2.17. The Morgan fingerprint density at radius 3 is 1.46 bits per heavy atom. The molecule has 0 amide bonds. The van der Waals surface area contributed by atoms with E-state index in [-0.39, 0.29) is 17.5 Å². The fraction of sp³-hybridized carbons (Fsp3) is 0.417. The summed E-state index contributed by atoms with van der Waals surface area (Å²) in [5, 5.41) is 0. The van der Waals surface area contributed by atoms with Gasteiger partial charge in [0.2, 0.25) is 0 Å². The number of esters is 1. The van der Waals surface area contributed by atoms with Crippen LogP contribution in [0.5, 0.6) is 0 Å². The van der Waals surface area contributed by atoms with Crippen molar-refractivity contribution in [3.05, 3.63) is 74.6 Å². The zero-order chi connectivity index (χ0) is 34.2. The lowest BCUT2D eigenvalue weighted by Crippen LogP contribution is -1.95. The standard InChI is InChI=1S/C7H10O.C5H8O2.C5H8O.C5H4.C4H6O.C4H10.C3H6.C3H4/c1-5-4-6(2)8-7(5)3;1-3-4-5(6)7-2;1-4(2)5(3)6;1-3-5-4-2;1-3-4(2)5;1-3-4-2;2*1-3-2/h6H,1,3-4H2,2H3;3H,1,4H2,2H3;1H2,2-3H3;1H,2H3;3H,1H2,2H3;3-4H2,1-2H3;3H,1H2,2H3;1H,2H3. The summed E-state index contributed by atoms with van der Waals surface area (Å²) in [6.45, 7) is 37.0. The zero-order valence-electron chi connectivity index (χ0n) is 27.6. The quantitative estimate of drug-likeness (QED) is 0.143. The van der Waals surface area contributed by atoms with E-state index in [0.717, 1.165) is 17.8 Å². The number of Topliss-reactive ketones (excluding diaryl/α,β-unsaturated/α-hetero) is 1. The maximum Gasteiger partial charge on any atom is 0.309 e. The van der Waals surface area contributed by atoms with Crippen LogP contribution in [-0.2, 0) is 23.9 Å². The van der Waals surface area contributed by atoms with Crippen LogP contribution in [0.2, 0.25) is 0 Å². The highest BCUT2D eigenvalue weighted by molar-refractivity contribution is 5.91. The molecule has 1 atom stereocenters. The van der Waals surface area contributed by atoms with Crippen molar-refractivity contribution in [2.75, 3.05) is 7.11 Å². The molecule has 1 aliphatic rings. The van der Waals surface area contributed by atoms with Crippen LogP contribution in [0.3, 0.4) is 0 Å². The van der Waals surface area contributed by atoms with Gasteiger partial charge in [0.05, 0.1) is 13.5 Å². The summed E-state index contributed by atoms with van der Waals surface area (Å²) in [5.41, 5.74) is 1.66. The van der Waals surface area contributed by atoms with E-state index < -0.39 is 0 Å². The van der Waals surface area contributed by atoms with Crippen LogP contribution < -0.4 is 0 Å². The van der Waals surface area contributed by atoms with Crippen molar-refractivity contribution in [3.8, 4) is 36.5 Å². The molecule has 0 spiro atoms. The maximum atomic E-state index is 10.1. The Kier molecular flexibility index (Phi) is 63.1. The van der Waals surface area contributed by atoms with Gasteiger partial charge in [-0.05, 0) is 77.5 Å². The number of rotatable bonds is 5. The Bertz CT molecular complexity index is 863. The third-order valence-electron chi connectivity index (χ3n) is 3.40. The number of carbonyl (C=O) groups is 3. The summed E-state index contributed by atoms with van der Waals surface area (Å²) in [5.74, 6) is 9.93. The minimum atomic E-state index is -0.241. The number of hydrogen-bond donors (Lipinski definition) is 0. The summed E-state index contributed by atoms with van der Waals surface area (Å²) in [7, 11) is 1.35. The van der Waals surface area contributed by atoms with Gasteiger partial charge in [-0.15, -0.1) is 31.9 Å². The Morgan fingerprint density at radius 1 is 1.05 bits per heavy atom. The molecular weight excluding hydrogens is 512 g/mol. The number of terminal acetylenes is 2. The van der Waals surface area contributed by atoms with Crippen molar-refractivity contribution in [1.82, 2.24) is 0 Å². The summed E-state index contributed by atoms with van der Waals surface area (Å²) in [6.07, 6.45) is 18.0. The second-order valence-electron chi connectivity index (χ2n) is 7.60. The summed E-state index contributed by atoms with van der Waals surface area (Å²) in [6, 6.07) is 0. The first kappa shape index (κ1) is 53.1. The van der Waals surface area contributed by atoms with E-state index in [4.69, 9.17) is 11.2 Å². The van der Waals surface area contributed by atoms with Gasteiger partial charge in [-0.2, -0.15) is 0 Å². The molecule has 0 aromatic heterocycles. The normalized spacial score (nSPS) is 10.4. The van der Waals surface area contributed by atoms with Gasteiger partial charge in [0.15, 0.2) is 11.6 Å². The SMILES string of the molecule is C#CC.C#CC#CC.C=C(C)C(C)=O.C=C1CC(C)OC1=C.C=CC.C=CC(C)=O.C=CCC(=O)OC.CCCC. The lowest BCUT2D eigenvalue weighted by Gasteiger charge is -1.98. The van der Waals surface area contributed by atoms with Crippen LogP contribution in [0.15, 0.2) is 74.6 Å². The van der Waals surface area contributed by atoms with Crippen LogP contribution in [-0.4, -0.2) is 30.7 Å².